The third-order valence-corrected chi connectivity index (χ3v) is 3.12. The van der Waals surface area contributed by atoms with Gasteiger partial charge in [0.15, 0.2) is 0 Å². The fourth-order valence-electron chi connectivity index (χ4n) is 2.10. The highest BCUT2D eigenvalue weighted by Crippen LogP contribution is 2.15. The zero-order valence-corrected chi connectivity index (χ0v) is 12.0. The van der Waals surface area contributed by atoms with E-state index in [0.717, 1.165) is 37.5 Å². The molecule has 0 unspecified atom stereocenters. The van der Waals surface area contributed by atoms with Crippen molar-refractivity contribution in [2.45, 2.75) is 52.7 Å². The summed E-state index contributed by atoms with van der Waals surface area (Å²) in [4.78, 5) is 4.45. The summed E-state index contributed by atoms with van der Waals surface area (Å²) < 4.78 is 7.78. The maximum absolute atomic E-state index is 5.56. The minimum absolute atomic E-state index is 0.458. The summed E-state index contributed by atoms with van der Waals surface area (Å²) in [5, 5.41) is 3.39. The first-order valence-corrected chi connectivity index (χ1v) is 6.99. The summed E-state index contributed by atoms with van der Waals surface area (Å²) in [6.45, 7) is 8.24. The van der Waals surface area contributed by atoms with Crippen LogP contribution in [0.3, 0.4) is 0 Å². The Bertz CT molecular complexity index is 499. The van der Waals surface area contributed by atoms with E-state index in [1.54, 1.807) is 6.26 Å². The van der Waals surface area contributed by atoms with E-state index in [4.69, 9.17) is 4.42 Å². The molecule has 19 heavy (non-hydrogen) atoms. The molecule has 2 aromatic rings. The molecule has 0 aliphatic rings. The lowest BCUT2D eigenvalue weighted by Gasteiger charge is -2.09. The summed E-state index contributed by atoms with van der Waals surface area (Å²) in [7, 11) is 0. The molecule has 1 N–H and O–H groups in total. The van der Waals surface area contributed by atoms with E-state index in [2.05, 4.69) is 35.6 Å². The molecular formula is C15H23N3O. The van der Waals surface area contributed by atoms with Gasteiger partial charge < -0.3 is 14.3 Å². The first-order valence-electron chi connectivity index (χ1n) is 6.99. The molecule has 4 nitrogen and oxygen atoms in total. The van der Waals surface area contributed by atoms with Crippen LogP contribution in [-0.4, -0.2) is 15.6 Å². The van der Waals surface area contributed by atoms with Gasteiger partial charge in [0, 0.05) is 37.0 Å². The normalized spacial score (nSPS) is 11.4. The molecule has 0 bridgehead atoms. The Morgan fingerprint density at radius 1 is 1.42 bits per heavy atom. The van der Waals surface area contributed by atoms with Crippen LogP contribution in [0.5, 0.6) is 0 Å². The Balaban J connectivity index is 2.06. The predicted octanol–water partition coefficient (Wildman–Crippen LogP) is 2.97. The molecule has 0 saturated carbocycles. The molecule has 0 saturated heterocycles. The Kier molecular flexibility index (Phi) is 4.80. The van der Waals surface area contributed by atoms with Crippen LogP contribution in [0.1, 0.15) is 44.3 Å². The van der Waals surface area contributed by atoms with Gasteiger partial charge in [-0.3, -0.25) is 0 Å². The van der Waals surface area contributed by atoms with E-state index in [9.17, 15) is 0 Å². The number of hydrogen-bond acceptors (Lipinski definition) is 3. The van der Waals surface area contributed by atoms with Gasteiger partial charge in [-0.15, -0.1) is 0 Å². The standard InChI is InChI=1S/C15H23N3O/c1-4-7-18-8-6-16-15(18)10-13-5-9-19-14(13)11-17-12(2)3/h5-6,8-9,12,17H,4,7,10-11H2,1-3H3. The largest absolute Gasteiger partial charge is 0.468 e. The zero-order chi connectivity index (χ0) is 13.7. The second-order valence-corrected chi connectivity index (χ2v) is 5.12. The molecule has 0 fully saturated rings. The molecule has 0 aliphatic heterocycles. The van der Waals surface area contributed by atoms with Crippen LogP contribution in [0.25, 0.3) is 0 Å². The van der Waals surface area contributed by atoms with Gasteiger partial charge in [0.05, 0.1) is 12.8 Å². The highest BCUT2D eigenvalue weighted by atomic mass is 16.3. The molecule has 0 aliphatic carbocycles. The zero-order valence-electron chi connectivity index (χ0n) is 12.0. The van der Waals surface area contributed by atoms with Crippen molar-refractivity contribution in [1.29, 1.82) is 0 Å². The lowest BCUT2D eigenvalue weighted by Crippen LogP contribution is -2.22. The fourth-order valence-corrected chi connectivity index (χ4v) is 2.10. The summed E-state index contributed by atoms with van der Waals surface area (Å²) in [6.07, 6.45) is 7.64. The summed E-state index contributed by atoms with van der Waals surface area (Å²) in [5.41, 5.74) is 1.22. The van der Waals surface area contributed by atoms with Crippen LogP contribution in [-0.2, 0) is 19.5 Å². The monoisotopic (exact) mass is 261 g/mol. The molecular weight excluding hydrogens is 238 g/mol. The SMILES string of the molecule is CCCn1ccnc1Cc1ccoc1CNC(C)C. The van der Waals surface area contributed by atoms with E-state index in [1.807, 2.05) is 18.5 Å². The molecule has 2 heterocycles. The van der Waals surface area contributed by atoms with Gasteiger partial charge in [-0.25, -0.2) is 4.98 Å². The van der Waals surface area contributed by atoms with Gasteiger partial charge in [-0.1, -0.05) is 20.8 Å². The van der Waals surface area contributed by atoms with Crippen molar-refractivity contribution in [2.24, 2.45) is 0 Å². The fraction of sp³-hybridized carbons (Fsp3) is 0.533. The van der Waals surface area contributed by atoms with Crippen molar-refractivity contribution in [2.75, 3.05) is 0 Å². The van der Waals surface area contributed by atoms with E-state index in [1.165, 1.54) is 5.56 Å². The number of imidazole rings is 1. The number of nitrogens with one attached hydrogen (secondary N) is 1. The second-order valence-electron chi connectivity index (χ2n) is 5.12. The van der Waals surface area contributed by atoms with Gasteiger partial charge in [0.25, 0.3) is 0 Å². The van der Waals surface area contributed by atoms with E-state index in [0.29, 0.717) is 6.04 Å². The Labute approximate surface area is 114 Å². The van der Waals surface area contributed by atoms with Crippen LogP contribution in [0, 0.1) is 0 Å². The Morgan fingerprint density at radius 3 is 3.00 bits per heavy atom. The number of nitrogens with zero attached hydrogens (tertiary/aromatic N) is 2. The molecule has 0 amide bonds. The van der Waals surface area contributed by atoms with E-state index in [-0.39, 0.29) is 0 Å². The average molecular weight is 261 g/mol. The predicted molar refractivity (Wildman–Crippen MR) is 76.0 cm³/mol. The number of hydrogen-bond donors (Lipinski definition) is 1. The topological polar surface area (TPSA) is 43.0 Å². The first-order chi connectivity index (χ1) is 9.20. The average Bonchev–Trinajstić information content (AvgIpc) is 2.98. The van der Waals surface area contributed by atoms with Gasteiger partial charge >= 0.3 is 0 Å². The molecule has 0 spiro atoms. The third-order valence-electron chi connectivity index (χ3n) is 3.12. The lowest BCUT2D eigenvalue weighted by molar-refractivity contribution is 0.461. The minimum Gasteiger partial charge on any atom is -0.468 e. The molecule has 104 valence electrons. The first kappa shape index (κ1) is 13.9. The molecule has 0 radical (unpaired) electrons. The highest BCUT2D eigenvalue weighted by Gasteiger charge is 2.10. The molecule has 2 rings (SSSR count). The van der Waals surface area contributed by atoms with Crippen LogP contribution in [0.2, 0.25) is 0 Å². The summed E-state index contributed by atoms with van der Waals surface area (Å²) in [6, 6.07) is 2.50. The van der Waals surface area contributed by atoms with Crippen LogP contribution in [0.15, 0.2) is 29.1 Å². The van der Waals surface area contributed by atoms with Gasteiger partial charge in [0.1, 0.15) is 11.6 Å². The maximum atomic E-state index is 5.56. The summed E-state index contributed by atoms with van der Waals surface area (Å²) in [5.74, 6) is 2.12. The molecule has 2 aromatic heterocycles. The quantitative estimate of drug-likeness (QED) is 0.833. The second kappa shape index (κ2) is 6.57. The van der Waals surface area contributed by atoms with Crippen LogP contribution in [0.4, 0.5) is 0 Å². The van der Waals surface area contributed by atoms with Crippen LogP contribution >= 0.6 is 0 Å². The molecule has 0 atom stereocenters. The number of aromatic nitrogens is 2. The van der Waals surface area contributed by atoms with Crippen LogP contribution < -0.4 is 5.32 Å². The molecule has 4 heteroatoms. The van der Waals surface area contributed by atoms with Gasteiger partial charge in [0.2, 0.25) is 0 Å². The number of rotatable bonds is 7. The lowest BCUT2D eigenvalue weighted by atomic mass is 10.1. The number of furan rings is 1. The highest BCUT2D eigenvalue weighted by molar-refractivity contribution is 5.21. The summed E-state index contributed by atoms with van der Waals surface area (Å²) >= 11 is 0. The van der Waals surface area contributed by atoms with Crippen molar-refractivity contribution >= 4 is 0 Å². The number of aryl methyl sites for hydroxylation is 1. The van der Waals surface area contributed by atoms with Crippen molar-refractivity contribution in [3.63, 3.8) is 0 Å². The Hall–Kier alpha value is -1.55. The maximum Gasteiger partial charge on any atom is 0.121 e. The van der Waals surface area contributed by atoms with E-state index >= 15 is 0 Å². The van der Waals surface area contributed by atoms with Crippen molar-refractivity contribution < 1.29 is 4.42 Å². The third kappa shape index (κ3) is 3.70. The smallest absolute Gasteiger partial charge is 0.121 e. The van der Waals surface area contributed by atoms with Crippen molar-refractivity contribution in [1.82, 2.24) is 14.9 Å². The minimum atomic E-state index is 0.458. The Morgan fingerprint density at radius 2 is 2.26 bits per heavy atom. The van der Waals surface area contributed by atoms with Gasteiger partial charge in [-0.2, -0.15) is 0 Å². The van der Waals surface area contributed by atoms with Crippen molar-refractivity contribution in [3.05, 3.63) is 41.9 Å². The van der Waals surface area contributed by atoms with Crippen molar-refractivity contribution in [3.8, 4) is 0 Å². The van der Waals surface area contributed by atoms with E-state index < -0.39 is 0 Å². The molecule has 0 aromatic carbocycles. The van der Waals surface area contributed by atoms with Gasteiger partial charge in [-0.05, 0) is 12.5 Å².